The molecule has 0 saturated heterocycles. The number of methoxy groups -OCH3 is 1. The fraction of sp³-hybridized carbons (Fsp3) is 0.0125. The molecule has 0 aliphatic rings. The maximum atomic E-state index is 13.0. The number of nitrogens with zero attached hydrogens (tertiary/aromatic N) is 9. The number of nitrogens with one attached hydrogen (secondary N) is 8. The Bertz CT molecular complexity index is 5200. The van der Waals surface area contributed by atoms with Gasteiger partial charge in [0.05, 0.1) is 57.9 Å². The van der Waals surface area contributed by atoms with Crippen molar-refractivity contribution in [1.82, 2.24) is 0 Å². The number of rotatable bonds is 18. The van der Waals surface area contributed by atoms with E-state index in [0.717, 1.165) is 45.1 Å². The topological polar surface area (TPSA) is 420 Å². The second-order valence-corrected chi connectivity index (χ2v) is 21.5. The average molecular weight is 1390 g/mol. The van der Waals surface area contributed by atoms with Gasteiger partial charge in [-0.1, -0.05) is 105 Å². The molecule has 0 spiro atoms. The third kappa shape index (κ3) is 25.5. The Hall–Kier alpha value is -15.9. The zero-order chi connectivity index (χ0) is 74.6. The summed E-state index contributed by atoms with van der Waals surface area (Å²) in [5.74, 6) is 21.5. The summed E-state index contributed by atoms with van der Waals surface area (Å²) in [6, 6.07) is 78.5. The number of amidine groups is 4. The predicted molar refractivity (Wildman–Crippen MR) is 415 cm³/mol. The number of terminal acetylenes is 1. The smallest absolute Gasteiger partial charge is 0.191 e. The maximum Gasteiger partial charge on any atom is 0.191 e. The first-order valence-electron chi connectivity index (χ1n) is 31.4. The highest BCUT2D eigenvalue weighted by atomic mass is 19.1. The third-order valence-electron chi connectivity index (χ3n) is 14.0. The molecule has 0 saturated carbocycles. The van der Waals surface area contributed by atoms with E-state index in [1.165, 1.54) is 12.1 Å². The van der Waals surface area contributed by atoms with Crippen molar-refractivity contribution in [2.75, 3.05) is 28.8 Å². The summed E-state index contributed by atoms with van der Waals surface area (Å²) in [6.07, 6.45) is 5.27. The van der Waals surface area contributed by atoms with E-state index in [1.807, 2.05) is 97.1 Å². The number of hydrogen-bond donors (Lipinski definition) is 14. The van der Waals surface area contributed by atoms with Crippen molar-refractivity contribution in [2.45, 2.75) is 0 Å². The molecule has 0 radical (unpaired) electrons. The summed E-state index contributed by atoms with van der Waals surface area (Å²) >= 11 is 0. The van der Waals surface area contributed by atoms with E-state index in [0.29, 0.717) is 73.1 Å². The van der Waals surface area contributed by atoms with Crippen LogP contribution < -0.4 is 60.8 Å². The van der Waals surface area contributed by atoms with E-state index >= 15 is 0 Å². The van der Waals surface area contributed by atoms with E-state index in [9.17, 15) is 4.39 Å². The number of halogens is 1. The summed E-state index contributed by atoms with van der Waals surface area (Å²) < 4.78 is 18.1. The van der Waals surface area contributed by atoms with Crippen molar-refractivity contribution in [3.05, 3.63) is 334 Å². The fourth-order valence-corrected chi connectivity index (χ4v) is 8.48. The zero-order valence-corrected chi connectivity index (χ0v) is 56.3. The molecule has 11 aromatic rings. The van der Waals surface area contributed by atoms with Crippen LogP contribution in [0.15, 0.2) is 313 Å². The summed E-state index contributed by atoms with van der Waals surface area (Å²) in [5, 5.41) is 62.1. The average Bonchev–Trinajstić information content (AvgIpc) is 0.864. The van der Waals surface area contributed by atoms with Gasteiger partial charge in [0.2, 0.25) is 0 Å². The lowest BCUT2D eigenvalue weighted by atomic mass is 10.1. The standard InChI is InChI=1S/C23H22N8O.C21H16FN5.C21H17N5.C15H13N5/c1-32-20-12-3-15(4-13-20)2-5-16-6-11-19(28-23(26)27)14-21(16)30-31-29-18-9-7-17(8-10-18)22(24)25;22-18-11-6-15(7-12-18)5-8-16-3-1-2-4-20(16)26-27-25-19-13-9-17(10-14-19)21(23)24;22-21(23)18-12-14-19(15-13-18)24-26-25-20-9-5-4-8-17(20)11-10-16-6-2-1-3-7-16;1-2-11-3-7-13(8-4-11)18-20-19-14-9-5-12(6-10-14)15(16)17/h3-4,6-14H,1H3,(H3,24,25)(H,29,30)(H4,26,27,28);1-4,6-7,9-14H,(H3,23,24)(H,25,26);1-9,12-15H,(H3,22,23)(H,24,25);1,3-10H,(H3,16,17)(H,18,19). The Morgan fingerprint density at radius 1 is 0.352 bits per heavy atom. The van der Waals surface area contributed by atoms with E-state index in [2.05, 4.69) is 109 Å². The van der Waals surface area contributed by atoms with Gasteiger partial charge in [0.15, 0.2) is 5.96 Å². The number of anilines is 4. The number of hydrogen-bond acceptors (Lipinski definition) is 14. The lowest BCUT2D eigenvalue weighted by Gasteiger charge is -2.03. The number of benzene rings is 11. The molecule has 0 atom stereocenters. The van der Waals surface area contributed by atoms with Gasteiger partial charge in [-0.3, -0.25) is 43.3 Å². The molecule has 0 aromatic heterocycles. The summed E-state index contributed by atoms with van der Waals surface area (Å²) in [6.45, 7) is 0. The Kier molecular flexibility index (Phi) is 28.2. The number of nitrogen functional groups attached to an aromatic ring is 4. The second kappa shape index (κ2) is 39.5. The van der Waals surface area contributed by atoms with Crippen molar-refractivity contribution in [1.29, 1.82) is 21.6 Å². The summed E-state index contributed by atoms with van der Waals surface area (Å²) in [5.41, 5.74) is 57.9. The molecule has 516 valence electrons. The highest BCUT2D eigenvalue weighted by Crippen LogP contribution is 2.27. The van der Waals surface area contributed by atoms with Gasteiger partial charge in [-0.15, -0.1) is 26.9 Å². The minimum absolute atomic E-state index is 0.00482. The molecular weight excluding hydrogens is 1320 g/mol. The Labute approximate surface area is 605 Å². The summed E-state index contributed by atoms with van der Waals surface area (Å²) in [4.78, 5) is 4.05. The van der Waals surface area contributed by atoms with E-state index in [4.69, 9.17) is 67.2 Å². The van der Waals surface area contributed by atoms with Gasteiger partial charge in [-0.25, -0.2) is 9.38 Å². The molecule has 0 unspecified atom stereocenters. The Morgan fingerprint density at radius 2 is 0.686 bits per heavy atom. The molecule has 0 fully saturated rings. The minimum atomic E-state index is -0.294. The molecule has 0 amide bonds. The van der Waals surface area contributed by atoms with Gasteiger partial charge in [-0.2, -0.15) is 0 Å². The number of ether oxygens (including phenoxy) is 1. The second-order valence-electron chi connectivity index (χ2n) is 21.5. The van der Waals surface area contributed by atoms with Crippen LogP contribution in [0.1, 0.15) is 61.2 Å². The SMILES string of the molecule is C#Cc1ccc(N=NNc2ccc(C(=N)N)cc2)cc1.COc1ccc(C#Cc2ccc(N=C(N)N)cc2N=NNc2ccc(C(=N)N)cc2)cc1.N=C(N)c1ccc(NN=Nc2ccccc2C#Cc2ccc(F)cc2)cc1.N=C(N)c1ccc(NN=Nc2ccccc2C#Cc2ccccc2)cc1. The normalized spacial score (nSPS) is 10.2. The van der Waals surface area contributed by atoms with Gasteiger partial charge in [0, 0.05) is 44.5 Å². The third-order valence-corrected chi connectivity index (χ3v) is 14.0. The Balaban J connectivity index is 0.000000179. The minimum Gasteiger partial charge on any atom is -0.497 e. The first-order chi connectivity index (χ1) is 51.0. The van der Waals surface area contributed by atoms with Gasteiger partial charge < -0.3 is 39.1 Å². The predicted octanol–water partition coefficient (Wildman–Crippen LogP) is 15.6. The molecule has 105 heavy (non-hydrogen) atoms. The van der Waals surface area contributed by atoms with Crippen LogP contribution in [0, 0.1) is 75.3 Å². The van der Waals surface area contributed by atoms with Gasteiger partial charge in [0.25, 0.3) is 0 Å². The number of nitrogens with two attached hydrogens (primary N) is 6. The molecular formula is C80H68FN23O. The largest absolute Gasteiger partial charge is 0.497 e. The molecule has 0 aliphatic carbocycles. The lowest BCUT2D eigenvalue weighted by Crippen LogP contribution is -2.21. The molecule has 11 rings (SSSR count). The first kappa shape index (κ1) is 74.9. The quantitative estimate of drug-likeness (QED) is 0.0126. The van der Waals surface area contributed by atoms with Gasteiger partial charge in [0.1, 0.15) is 52.0 Å². The van der Waals surface area contributed by atoms with E-state index in [1.54, 1.807) is 165 Å². The van der Waals surface area contributed by atoms with Crippen LogP contribution in [0.25, 0.3) is 0 Å². The van der Waals surface area contributed by atoms with Crippen molar-refractivity contribution >= 4 is 80.5 Å². The van der Waals surface area contributed by atoms with Crippen molar-refractivity contribution in [3.63, 3.8) is 0 Å². The first-order valence-corrected chi connectivity index (χ1v) is 31.4. The molecule has 24 nitrogen and oxygen atoms in total. The zero-order valence-electron chi connectivity index (χ0n) is 56.3. The van der Waals surface area contributed by atoms with Crippen LogP contribution in [0.2, 0.25) is 0 Å². The molecule has 11 aromatic carbocycles. The lowest BCUT2D eigenvalue weighted by molar-refractivity contribution is 0.415. The highest BCUT2D eigenvalue weighted by molar-refractivity contribution is 5.97. The molecule has 0 heterocycles. The Morgan fingerprint density at radius 3 is 1.07 bits per heavy atom. The van der Waals surface area contributed by atoms with E-state index < -0.39 is 0 Å². The van der Waals surface area contributed by atoms with Crippen LogP contribution in [-0.2, 0) is 0 Å². The molecule has 0 bridgehead atoms. The molecule has 25 heteroatoms. The van der Waals surface area contributed by atoms with Crippen LogP contribution in [0.5, 0.6) is 5.75 Å². The van der Waals surface area contributed by atoms with Gasteiger partial charge >= 0.3 is 0 Å². The number of guanidine groups is 1. The van der Waals surface area contributed by atoms with Gasteiger partial charge in [-0.05, 0) is 224 Å². The van der Waals surface area contributed by atoms with Crippen molar-refractivity contribution < 1.29 is 9.13 Å². The monoisotopic (exact) mass is 1390 g/mol. The fourth-order valence-electron chi connectivity index (χ4n) is 8.48. The van der Waals surface area contributed by atoms with Crippen LogP contribution in [0.3, 0.4) is 0 Å². The molecule has 20 N–H and O–H groups in total. The number of aliphatic imine (C=N–C) groups is 1. The maximum absolute atomic E-state index is 13.0. The molecule has 0 aliphatic heterocycles. The van der Waals surface area contributed by atoms with Crippen LogP contribution in [0.4, 0.5) is 55.6 Å². The van der Waals surface area contributed by atoms with E-state index in [-0.39, 0.29) is 35.1 Å². The van der Waals surface area contributed by atoms with Crippen molar-refractivity contribution in [2.24, 2.45) is 80.7 Å². The van der Waals surface area contributed by atoms with Crippen LogP contribution >= 0.6 is 0 Å². The van der Waals surface area contributed by atoms with Crippen LogP contribution in [-0.4, -0.2) is 36.4 Å². The van der Waals surface area contributed by atoms with Crippen molar-refractivity contribution in [3.8, 4) is 53.6 Å². The highest BCUT2D eigenvalue weighted by Gasteiger charge is 2.06. The summed E-state index contributed by atoms with van der Waals surface area (Å²) in [7, 11) is 1.61.